The van der Waals surface area contributed by atoms with E-state index in [0.717, 1.165) is 23.4 Å². The predicted octanol–water partition coefficient (Wildman–Crippen LogP) is 10.4. The summed E-state index contributed by atoms with van der Waals surface area (Å²) in [5.41, 5.74) is 14.1. The molecule has 8 rings (SSSR count). The number of aliphatic imine (C=N–C) groups is 2. The summed E-state index contributed by atoms with van der Waals surface area (Å²) in [6, 6.07) is 27.9. The number of allylic oxidation sites excluding steroid dienone is 3. The molecular weight excluding hydrogens is 639 g/mol. The lowest BCUT2D eigenvalue weighted by Crippen LogP contribution is -2.27. The third-order valence-electron chi connectivity index (χ3n) is 7.55. The number of aryl methyl sites for hydroxylation is 1. The van der Waals surface area contributed by atoms with Gasteiger partial charge in [0.05, 0.1) is 32.6 Å². The lowest BCUT2D eigenvalue weighted by molar-refractivity contribution is 1.36. The van der Waals surface area contributed by atoms with Crippen LogP contribution < -0.4 is 0 Å². The molecule has 0 saturated heterocycles. The summed E-state index contributed by atoms with van der Waals surface area (Å²) < 4.78 is 2.95. The Morgan fingerprint density at radius 3 is 2.30 bits per heavy atom. The number of hydrogen-bond acceptors (Lipinski definition) is 4. The van der Waals surface area contributed by atoms with Gasteiger partial charge in [-0.15, -0.1) is 22.7 Å². The topological polar surface area (TPSA) is 24.7 Å². The van der Waals surface area contributed by atoms with E-state index < -0.39 is 0 Å². The second kappa shape index (κ2) is 9.54. The fourth-order valence-electron chi connectivity index (χ4n) is 5.70. The van der Waals surface area contributed by atoms with Crippen LogP contribution in [0.1, 0.15) is 28.7 Å². The zero-order valence-electron chi connectivity index (χ0n) is 21.7. The van der Waals surface area contributed by atoms with Gasteiger partial charge in [-0.3, -0.25) is 0 Å². The van der Waals surface area contributed by atoms with E-state index in [0.29, 0.717) is 0 Å². The molecule has 3 aliphatic rings. The van der Waals surface area contributed by atoms with Gasteiger partial charge < -0.3 is 0 Å². The maximum atomic E-state index is 5.40. The number of fused-ring (bicyclic) bond motifs is 3. The zero-order valence-corrected chi connectivity index (χ0v) is 25.5. The smallest absolute Gasteiger partial charge is 0.0953 e. The van der Waals surface area contributed by atoms with Gasteiger partial charge >= 0.3 is 0 Å². The summed E-state index contributed by atoms with van der Waals surface area (Å²) >= 11 is 3.31. The van der Waals surface area contributed by atoms with Crippen molar-refractivity contribution in [3.63, 3.8) is 0 Å². The van der Waals surface area contributed by atoms with Gasteiger partial charge in [0.1, 0.15) is 0 Å². The van der Waals surface area contributed by atoms with Crippen LogP contribution in [0, 0.1) is 10.5 Å². The number of halogens is 1. The molecule has 0 fully saturated rings. The minimum atomic E-state index is -0.281. The minimum absolute atomic E-state index is 0.281. The van der Waals surface area contributed by atoms with Crippen molar-refractivity contribution in [2.45, 2.75) is 13.3 Å². The Hall–Kier alpha value is -3.52. The molecular formula is C35H23IN2S2. The number of thiophene rings is 2. The van der Waals surface area contributed by atoms with Crippen LogP contribution in [0.4, 0.5) is 11.4 Å². The molecule has 0 atom stereocenters. The molecule has 1 aliphatic heterocycles. The predicted molar refractivity (Wildman–Crippen MR) is 183 cm³/mol. The zero-order chi connectivity index (χ0) is 26.8. The van der Waals surface area contributed by atoms with Gasteiger partial charge in [0.25, 0.3) is 0 Å². The molecule has 0 bridgehead atoms. The largest absolute Gasteiger partial charge is 0.246 e. The van der Waals surface area contributed by atoms with Crippen LogP contribution in [0.25, 0.3) is 26.5 Å². The quantitative estimate of drug-likeness (QED) is 0.172. The van der Waals surface area contributed by atoms with Gasteiger partial charge in [0.15, 0.2) is 0 Å². The Balaban J connectivity index is 1.29. The van der Waals surface area contributed by atoms with Crippen LogP contribution in [0.5, 0.6) is 0 Å². The molecule has 5 aromatic rings. The van der Waals surface area contributed by atoms with Crippen molar-refractivity contribution in [1.29, 1.82) is 0 Å². The number of hydrogen-bond donors (Lipinski definition) is 0. The summed E-state index contributed by atoms with van der Waals surface area (Å²) in [7, 11) is 0. The van der Waals surface area contributed by atoms with Crippen LogP contribution in [0.3, 0.4) is 0 Å². The molecule has 40 heavy (non-hydrogen) atoms. The Labute approximate surface area is 251 Å². The fourth-order valence-corrected chi connectivity index (χ4v) is 11.2. The normalized spacial score (nSPS) is 16.3. The van der Waals surface area contributed by atoms with Crippen molar-refractivity contribution < 1.29 is 0 Å². The third kappa shape index (κ3) is 3.83. The molecule has 0 saturated carbocycles. The van der Waals surface area contributed by atoms with Crippen molar-refractivity contribution in [3.8, 4) is 20.9 Å². The Bertz CT molecular complexity index is 1990. The third-order valence-corrected chi connectivity index (χ3v) is 13.1. The molecule has 0 amide bonds. The first kappa shape index (κ1) is 24.3. The average Bonchev–Trinajstić information content (AvgIpc) is 3.57. The fraction of sp³-hybridized carbons (Fsp3) is 0.0571. The van der Waals surface area contributed by atoms with Crippen molar-refractivity contribution in [2.24, 2.45) is 9.98 Å². The minimum Gasteiger partial charge on any atom is -0.246 e. The van der Waals surface area contributed by atoms with Crippen molar-refractivity contribution in [3.05, 3.63) is 134 Å². The van der Waals surface area contributed by atoms with Crippen LogP contribution in [0.2, 0.25) is 0 Å². The number of rotatable bonds is 3. The molecule has 5 heteroatoms. The lowest BCUT2D eigenvalue weighted by Gasteiger charge is -2.31. The van der Waals surface area contributed by atoms with E-state index in [2.05, 4.69) is 109 Å². The molecule has 3 aromatic carbocycles. The summed E-state index contributed by atoms with van der Waals surface area (Å²) in [4.78, 5) is 13.2. The standard InChI is InChI=1S/C35H23IN2S2/c1-20-16-24-17-27-32(38-33-28(36-27)19-40-35(33)23-12-7-4-8-13-23)26-15-9-14-25(29(24)26)30(20)37-31-21(2)18-39-34(31)22-10-5-3-6-11-22/h3-16,18-19H,1,17H2,2H3. The van der Waals surface area contributed by atoms with Gasteiger partial charge in [-0.25, -0.2) is 9.98 Å². The molecule has 0 spiro atoms. The maximum absolute atomic E-state index is 5.40. The SMILES string of the molecule is C=C1C=C2CC3=Ic4csc(-c5ccccc5)c4N=C3c3cccc(c32)C1=Nc1c(C)csc1-c1ccccc1. The summed E-state index contributed by atoms with van der Waals surface area (Å²) in [5, 5.41) is 4.55. The summed E-state index contributed by atoms with van der Waals surface area (Å²) in [6.07, 6.45) is 3.23. The lowest BCUT2D eigenvalue weighted by atomic mass is 9.77. The van der Waals surface area contributed by atoms with E-state index in [1.54, 1.807) is 11.3 Å². The van der Waals surface area contributed by atoms with Crippen LogP contribution >= 0.6 is 43.4 Å². The number of nitrogens with zero attached hydrogens (tertiary/aromatic N) is 2. The average molecular weight is 663 g/mol. The van der Waals surface area contributed by atoms with E-state index in [1.807, 2.05) is 11.3 Å². The first-order valence-electron chi connectivity index (χ1n) is 13.2. The van der Waals surface area contributed by atoms with E-state index >= 15 is 0 Å². The molecule has 0 unspecified atom stereocenters. The highest BCUT2D eigenvalue weighted by atomic mass is 127. The number of benzene rings is 3. The Morgan fingerprint density at radius 2 is 1.52 bits per heavy atom. The second-order valence-electron chi connectivity index (χ2n) is 10.1. The first-order valence-corrected chi connectivity index (χ1v) is 17.1. The van der Waals surface area contributed by atoms with Gasteiger partial charge in [0, 0.05) is 30.0 Å². The van der Waals surface area contributed by atoms with Crippen molar-refractivity contribution in [2.75, 3.05) is 0 Å². The summed E-state index contributed by atoms with van der Waals surface area (Å²) in [5.74, 6) is 0. The van der Waals surface area contributed by atoms with Crippen LogP contribution in [-0.4, -0.2) is 14.9 Å². The summed E-state index contributed by atoms with van der Waals surface area (Å²) in [6.45, 7) is 6.66. The maximum Gasteiger partial charge on any atom is 0.0953 e. The first-order chi connectivity index (χ1) is 19.7. The van der Waals surface area contributed by atoms with Gasteiger partial charge in [-0.2, -0.15) is 0 Å². The highest BCUT2D eigenvalue weighted by molar-refractivity contribution is 14.2. The van der Waals surface area contributed by atoms with Gasteiger partial charge in [-0.05, 0) is 51.8 Å². The van der Waals surface area contributed by atoms with Crippen molar-refractivity contribution >= 4 is 75.3 Å². The van der Waals surface area contributed by atoms with Gasteiger partial charge in [0.2, 0.25) is 0 Å². The molecule has 3 heterocycles. The monoisotopic (exact) mass is 662 g/mol. The van der Waals surface area contributed by atoms with E-state index in [9.17, 15) is 0 Å². The molecule has 2 nitrogen and oxygen atoms in total. The van der Waals surface area contributed by atoms with E-state index in [1.165, 1.54) is 67.2 Å². The molecule has 0 N–H and O–H groups in total. The molecule has 2 aliphatic carbocycles. The Kier molecular flexibility index (Phi) is 5.80. The van der Waals surface area contributed by atoms with Crippen molar-refractivity contribution in [1.82, 2.24) is 0 Å². The van der Waals surface area contributed by atoms with Crippen LogP contribution in [0.15, 0.2) is 118 Å². The molecule has 2 aromatic heterocycles. The highest BCUT2D eigenvalue weighted by Gasteiger charge is 2.33. The molecule has 192 valence electrons. The van der Waals surface area contributed by atoms with Gasteiger partial charge in [-0.1, -0.05) is 106 Å². The van der Waals surface area contributed by atoms with Crippen LogP contribution in [-0.2, 0) is 0 Å². The van der Waals surface area contributed by atoms with E-state index in [-0.39, 0.29) is 20.7 Å². The highest BCUT2D eigenvalue weighted by Crippen LogP contribution is 2.49. The van der Waals surface area contributed by atoms with E-state index in [4.69, 9.17) is 9.98 Å². The second-order valence-corrected chi connectivity index (χ2v) is 14.9. The Morgan fingerprint density at radius 1 is 0.825 bits per heavy atom. The molecule has 0 radical (unpaired) electrons.